The molecule has 0 spiro atoms. The van der Waals surface area contributed by atoms with Gasteiger partial charge in [-0.25, -0.2) is 13.1 Å². The first kappa shape index (κ1) is 21.1. The second-order valence-electron chi connectivity index (χ2n) is 7.44. The van der Waals surface area contributed by atoms with Crippen molar-refractivity contribution in [1.82, 2.24) is 4.72 Å². The van der Waals surface area contributed by atoms with Crippen LogP contribution < -0.4 is 14.5 Å². The molecule has 0 unspecified atom stereocenters. The lowest BCUT2D eigenvalue weighted by molar-refractivity contribution is -0.384. The molecule has 1 saturated heterocycles. The number of hydrogen-bond donors (Lipinski definition) is 1. The van der Waals surface area contributed by atoms with Crippen molar-refractivity contribution in [3.05, 3.63) is 58.1 Å². The van der Waals surface area contributed by atoms with E-state index in [9.17, 15) is 18.5 Å². The van der Waals surface area contributed by atoms with Crippen LogP contribution in [0, 0.1) is 17.0 Å². The molecule has 29 heavy (non-hydrogen) atoms. The minimum absolute atomic E-state index is 0.0970. The number of rotatable bonds is 6. The lowest BCUT2D eigenvalue weighted by Crippen LogP contribution is -2.47. The smallest absolute Gasteiger partial charge is 0.293 e. The van der Waals surface area contributed by atoms with Crippen molar-refractivity contribution in [1.29, 1.82) is 0 Å². The molecule has 2 aromatic carbocycles. The lowest BCUT2D eigenvalue weighted by Gasteiger charge is -2.37. The zero-order valence-electron chi connectivity index (χ0n) is 16.8. The molecule has 3 rings (SSSR count). The van der Waals surface area contributed by atoms with Gasteiger partial charge in [-0.1, -0.05) is 18.2 Å². The van der Waals surface area contributed by atoms with E-state index in [4.69, 9.17) is 0 Å². The van der Waals surface area contributed by atoms with Crippen LogP contribution in [0.2, 0.25) is 0 Å². The topological polar surface area (TPSA) is 95.8 Å². The fourth-order valence-corrected chi connectivity index (χ4v) is 4.84. The summed E-state index contributed by atoms with van der Waals surface area (Å²) in [5.41, 5.74) is 2.62. The summed E-state index contributed by atoms with van der Waals surface area (Å²) >= 11 is 0. The van der Waals surface area contributed by atoms with Crippen LogP contribution in [0.25, 0.3) is 0 Å². The van der Waals surface area contributed by atoms with Crippen LogP contribution in [0.5, 0.6) is 0 Å². The molecule has 1 aliphatic heterocycles. The van der Waals surface area contributed by atoms with E-state index in [1.807, 2.05) is 17.0 Å². The van der Waals surface area contributed by atoms with Crippen molar-refractivity contribution < 1.29 is 13.3 Å². The number of para-hydroxylation sites is 1. The van der Waals surface area contributed by atoms with Gasteiger partial charge >= 0.3 is 0 Å². The fraction of sp³-hybridized carbons (Fsp3) is 0.400. The summed E-state index contributed by atoms with van der Waals surface area (Å²) in [5, 5.41) is 11.6. The quantitative estimate of drug-likeness (QED) is 0.572. The van der Waals surface area contributed by atoms with Crippen LogP contribution >= 0.6 is 0 Å². The standard InChI is InChI=1S/C20H26N4O4S/c1-15(2)21-29(27,28)17-8-9-19(20(14-17)24(25)26)23-12-10-22(11-13-23)18-7-5-4-6-16(18)3/h4-9,14-15,21H,10-13H2,1-3H3. The summed E-state index contributed by atoms with van der Waals surface area (Å²) in [7, 11) is -3.79. The summed E-state index contributed by atoms with van der Waals surface area (Å²) in [6.45, 7) is 8.17. The van der Waals surface area contributed by atoms with Gasteiger partial charge in [0.2, 0.25) is 10.0 Å². The summed E-state index contributed by atoms with van der Waals surface area (Å²) < 4.78 is 27.2. The number of benzene rings is 2. The Morgan fingerprint density at radius 2 is 1.59 bits per heavy atom. The third-order valence-corrected chi connectivity index (χ3v) is 6.58. The molecule has 1 aliphatic rings. The molecule has 1 heterocycles. The van der Waals surface area contributed by atoms with Gasteiger partial charge < -0.3 is 9.80 Å². The molecular formula is C20H26N4O4S. The highest BCUT2D eigenvalue weighted by atomic mass is 32.2. The molecule has 0 bridgehead atoms. The molecule has 0 amide bonds. The maximum atomic E-state index is 12.4. The summed E-state index contributed by atoms with van der Waals surface area (Å²) in [6.07, 6.45) is 0. The largest absolute Gasteiger partial charge is 0.368 e. The Labute approximate surface area is 171 Å². The zero-order chi connectivity index (χ0) is 21.2. The van der Waals surface area contributed by atoms with Gasteiger partial charge in [-0.05, 0) is 44.5 Å². The van der Waals surface area contributed by atoms with Crippen LogP contribution in [-0.4, -0.2) is 45.6 Å². The molecule has 0 radical (unpaired) electrons. The second kappa shape index (κ2) is 8.38. The van der Waals surface area contributed by atoms with Crippen LogP contribution in [0.1, 0.15) is 19.4 Å². The van der Waals surface area contributed by atoms with Gasteiger partial charge in [0.1, 0.15) is 5.69 Å². The summed E-state index contributed by atoms with van der Waals surface area (Å²) in [5.74, 6) is 0. The number of nitrogens with zero attached hydrogens (tertiary/aromatic N) is 3. The first-order valence-corrected chi connectivity index (χ1v) is 11.0. The third-order valence-electron chi connectivity index (χ3n) is 4.92. The normalized spacial score (nSPS) is 15.0. The maximum absolute atomic E-state index is 12.4. The van der Waals surface area contributed by atoms with Gasteiger partial charge in [-0.2, -0.15) is 0 Å². The Hall–Kier alpha value is -2.65. The van der Waals surface area contributed by atoms with E-state index in [-0.39, 0.29) is 16.6 Å². The molecule has 9 heteroatoms. The average molecular weight is 419 g/mol. The first-order chi connectivity index (χ1) is 13.7. The van der Waals surface area contributed by atoms with Gasteiger partial charge in [0.15, 0.2) is 0 Å². The van der Waals surface area contributed by atoms with Crippen molar-refractivity contribution in [2.75, 3.05) is 36.0 Å². The van der Waals surface area contributed by atoms with Crippen molar-refractivity contribution in [3.8, 4) is 0 Å². The molecule has 0 aromatic heterocycles. The van der Waals surface area contributed by atoms with Crippen molar-refractivity contribution >= 4 is 27.1 Å². The Morgan fingerprint density at radius 1 is 1.00 bits per heavy atom. The Balaban J connectivity index is 1.83. The van der Waals surface area contributed by atoms with Crippen LogP contribution in [0.3, 0.4) is 0 Å². The molecule has 0 aliphatic carbocycles. The van der Waals surface area contributed by atoms with Gasteiger partial charge in [0.25, 0.3) is 5.69 Å². The van der Waals surface area contributed by atoms with Crippen molar-refractivity contribution in [2.24, 2.45) is 0 Å². The maximum Gasteiger partial charge on any atom is 0.293 e. The van der Waals surface area contributed by atoms with E-state index in [0.717, 1.165) is 19.2 Å². The van der Waals surface area contributed by atoms with Crippen LogP contribution in [-0.2, 0) is 10.0 Å². The SMILES string of the molecule is Cc1ccccc1N1CCN(c2ccc(S(=O)(=O)NC(C)C)cc2[N+](=O)[O-])CC1. The molecule has 2 aromatic rings. The Bertz CT molecular complexity index is 999. The molecule has 156 valence electrons. The number of aryl methyl sites for hydroxylation is 1. The minimum atomic E-state index is -3.79. The van der Waals surface area contributed by atoms with Crippen LogP contribution in [0.15, 0.2) is 47.4 Å². The number of nitrogens with one attached hydrogen (secondary N) is 1. The highest BCUT2D eigenvalue weighted by Gasteiger charge is 2.27. The van der Waals surface area contributed by atoms with E-state index in [2.05, 4.69) is 28.7 Å². The highest BCUT2D eigenvalue weighted by molar-refractivity contribution is 7.89. The van der Waals surface area contributed by atoms with Gasteiger partial charge in [0.05, 0.1) is 9.82 Å². The summed E-state index contributed by atoms with van der Waals surface area (Å²) in [6, 6.07) is 12.0. The number of hydrogen-bond acceptors (Lipinski definition) is 6. The molecular weight excluding hydrogens is 392 g/mol. The van der Waals surface area contributed by atoms with Gasteiger partial charge in [-0.3, -0.25) is 10.1 Å². The number of nitro benzene ring substituents is 1. The number of nitro groups is 1. The zero-order valence-corrected chi connectivity index (χ0v) is 17.6. The molecule has 8 nitrogen and oxygen atoms in total. The Morgan fingerprint density at radius 3 is 2.14 bits per heavy atom. The number of piperazine rings is 1. The van der Waals surface area contributed by atoms with E-state index in [1.54, 1.807) is 13.8 Å². The highest BCUT2D eigenvalue weighted by Crippen LogP contribution is 2.32. The molecule has 1 N–H and O–H groups in total. The first-order valence-electron chi connectivity index (χ1n) is 9.55. The van der Waals surface area contributed by atoms with Gasteiger partial charge in [0, 0.05) is 44.0 Å². The van der Waals surface area contributed by atoms with Crippen molar-refractivity contribution in [3.63, 3.8) is 0 Å². The number of anilines is 2. The van der Waals surface area contributed by atoms with Crippen LogP contribution in [0.4, 0.5) is 17.1 Å². The summed E-state index contributed by atoms with van der Waals surface area (Å²) in [4.78, 5) is 15.2. The van der Waals surface area contributed by atoms with E-state index >= 15 is 0 Å². The van der Waals surface area contributed by atoms with E-state index < -0.39 is 14.9 Å². The van der Waals surface area contributed by atoms with Crippen molar-refractivity contribution in [2.45, 2.75) is 31.7 Å². The molecule has 0 saturated carbocycles. The molecule has 1 fully saturated rings. The average Bonchev–Trinajstić information content (AvgIpc) is 2.67. The predicted octanol–water partition coefficient (Wildman–Crippen LogP) is 2.92. The Kier molecular flexibility index (Phi) is 6.09. The second-order valence-corrected chi connectivity index (χ2v) is 9.16. The monoisotopic (exact) mass is 418 g/mol. The minimum Gasteiger partial charge on any atom is -0.368 e. The predicted molar refractivity (Wildman–Crippen MR) is 114 cm³/mol. The molecule has 0 atom stereocenters. The lowest BCUT2D eigenvalue weighted by atomic mass is 10.1. The third kappa shape index (κ3) is 4.68. The van der Waals surface area contributed by atoms with E-state index in [1.165, 1.54) is 23.4 Å². The van der Waals surface area contributed by atoms with E-state index in [0.29, 0.717) is 18.8 Å². The number of sulfonamides is 1. The fourth-order valence-electron chi connectivity index (χ4n) is 3.57. The van der Waals surface area contributed by atoms with Gasteiger partial charge in [-0.15, -0.1) is 0 Å².